The van der Waals surface area contributed by atoms with Gasteiger partial charge >= 0.3 is 0 Å². The molecule has 2 spiro atoms. The molecule has 6 nitrogen and oxygen atoms in total. The van der Waals surface area contributed by atoms with E-state index < -0.39 is 5.54 Å². The van der Waals surface area contributed by atoms with Crippen molar-refractivity contribution in [2.75, 3.05) is 14.2 Å². The van der Waals surface area contributed by atoms with Crippen LogP contribution in [0.1, 0.15) is 67.2 Å². The van der Waals surface area contributed by atoms with Crippen LogP contribution in [0.25, 0.3) is 5.57 Å². The van der Waals surface area contributed by atoms with Gasteiger partial charge in [-0.1, -0.05) is 18.7 Å². The van der Waals surface area contributed by atoms with Crippen molar-refractivity contribution in [1.29, 1.82) is 0 Å². The number of fused-ring (bicyclic) bond motifs is 1. The highest BCUT2D eigenvalue weighted by atomic mass is 32.1. The number of amides is 1. The van der Waals surface area contributed by atoms with E-state index >= 15 is 0 Å². The molecule has 1 aromatic rings. The number of aliphatic imine (C=N–C) groups is 1. The van der Waals surface area contributed by atoms with Gasteiger partial charge in [0.1, 0.15) is 0 Å². The number of nitrogens with zero attached hydrogens (tertiary/aromatic N) is 3. The minimum atomic E-state index is -1.06. The summed E-state index contributed by atoms with van der Waals surface area (Å²) in [7, 11) is 3.49. The zero-order valence-electron chi connectivity index (χ0n) is 19.0. The van der Waals surface area contributed by atoms with Crippen LogP contribution in [0.4, 0.5) is 0 Å². The SMILES string of the molecule is C=C1/C=C(c2cnc(C3CC3)s2)\C=C/CCC2(CCC(OC)CC2)C12N=C(N)N(C)C2=O. The molecular weight excluding hydrogens is 420 g/mol. The molecule has 5 rings (SSSR count). The highest BCUT2D eigenvalue weighted by Crippen LogP contribution is 2.56. The van der Waals surface area contributed by atoms with Crippen molar-refractivity contribution in [3.63, 3.8) is 0 Å². The second-order valence-electron chi connectivity index (χ2n) is 9.66. The minimum Gasteiger partial charge on any atom is -0.381 e. The maximum Gasteiger partial charge on any atom is 0.262 e. The summed E-state index contributed by atoms with van der Waals surface area (Å²) < 4.78 is 5.64. The first-order valence-electron chi connectivity index (χ1n) is 11.6. The van der Waals surface area contributed by atoms with E-state index in [-0.39, 0.29) is 23.4 Å². The lowest BCUT2D eigenvalue weighted by Crippen LogP contribution is -2.56. The molecule has 7 heteroatoms. The highest BCUT2D eigenvalue weighted by Gasteiger charge is 2.62. The Morgan fingerprint density at radius 3 is 2.62 bits per heavy atom. The van der Waals surface area contributed by atoms with Crippen LogP contribution in [-0.2, 0) is 9.53 Å². The number of rotatable bonds is 3. The summed E-state index contributed by atoms with van der Waals surface area (Å²) in [6.45, 7) is 4.46. The summed E-state index contributed by atoms with van der Waals surface area (Å²) in [5, 5.41) is 1.21. The van der Waals surface area contributed by atoms with Gasteiger partial charge in [-0.3, -0.25) is 9.69 Å². The number of ether oxygens (including phenoxy) is 1. The van der Waals surface area contributed by atoms with Gasteiger partial charge in [-0.2, -0.15) is 0 Å². The molecule has 4 aliphatic rings. The number of carbonyl (C=O) groups excluding carboxylic acids is 1. The Labute approximate surface area is 193 Å². The van der Waals surface area contributed by atoms with Crippen molar-refractivity contribution in [2.24, 2.45) is 16.1 Å². The highest BCUT2D eigenvalue weighted by molar-refractivity contribution is 7.12. The van der Waals surface area contributed by atoms with E-state index in [9.17, 15) is 4.79 Å². The van der Waals surface area contributed by atoms with E-state index in [1.807, 2.05) is 6.20 Å². The van der Waals surface area contributed by atoms with Gasteiger partial charge in [0, 0.05) is 31.7 Å². The first-order valence-corrected chi connectivity index (χ1v) is 12.4. The van der Waals surface area contributed by atoms with Crippen LogP contribution in [0.5, 0.6) is 0 Å². The molecule has 0 radical (unpaired) electrons. The maximum absolute atomic E-state index is 13.8. The summed E-state index contributed by atoms with van der Waals surface area (Å²) in [4.78, 5) is 26.0. The number of hydrogen-bond acceptors (Lipinski definition) is 6. The van der Waals surface area contributed by atoms with E-state index in [0.29, 0.717) is 5.92 Å². The Morgan fingerprint density at radius 1 is 1.25 bits per heavy atom. The molecule has 1 aliphatic heterocycles. The third-order valence-electron chi connectivity index (χ3n) is 7.85. The standard InChI is InChI=1S/C25H32N4O2S/c1-16-14-18(20-15-27-21(32-20)17-7-8-17)6-4-5-11-24(12-9-19(31-3)10-13-24)25(16)22(30)29(2)23(26)28-25/h4,6,14-15,17,19H,1,5,7-13H2,2-3H3,(H2,26,28)/b6-4-,18-14+. The lowest BCUT2D eigenvalue weighted by atomic mass is 9.56. The largest absolute Gasteiger partial charge is 0.381 e. The first kappa shape index (κ1) is 21.6. The van der Waals surface area contributed by atoms with Crippen LogP contribution in [0.15, 0.2) is 41.6 Å². The molecule has 1 amide bonds. The fourth-order valence-electron chi connectivity index (χ4n) is 5.71. The van der Waals surface area contributed by atoms with E-state index in [1.165, 1.54) is 22.7 Å². The number of aromatic nitrogens is 1. The van der Waals surface area contributed by atoms with Crippen LogP contribution in [-0.4, -0.2) is 47.6 Å². The predicted octanol–water partition coefficient (Wildman–Crippen LogP) is 4.41. The van der Waals surface area contributed by atoms with E-state index in [0.717, 1.165) is 54.5 Å². The molecule has 1 aromatic heterocycles. The third kappa shape index (κ3) is 3.28. The predicted molar refractivity (Wildman–Crippen MR) is 128 cm³/mol. The smallest absolute Gasteiger partial charge is 0.262 e. The molecule has 0 aromatic carbocycles. The Balaban J connectivity index is 1.60. The number of likely N-dealkylation sites (N-methyl/N-ethyl adjacent to an activating group) is 1. The van der Waals surface area contributed by atoms with Crippen molar-refractivity contribution >= 4 is 28.8 Å². The zero-order valence-corrected chi connectivity index (χ0v) is 19.8. The van der Waals surface area contributed by atoms with E-state index in [1.54, 1.807) is 25.5 Å². The Kier molecular flexibility index (Phi) is 5.37. The van der Waals surface area contributed by atoms with Crippen molar-refractivity contribution in [3.8, 4) is 0 Å². The van der Waals surface area contributed by atoms with Crippen LogP contribution in [0.3, 0.4) is 0 Å². The number of thiazole rings is 1. The van der Waals surface area contributed by atoms with Gasteiger partial charge in [0.2, 0.25) is 0 Å². The second kappa shape index (κ2) is 7.96. The lowest BCUT2D eigenvalue weighted by molar-refractivity contribution is -0.135. The topological polar surface area (TPSA) is 80.8 Å². The second-order valence-corrected chi connectivity index (χ2v) is 10.7. The van der Waals surface area contributed by atoms with E-state index in [4.69, 9.17) is 15.5 Å². The van der Waals surface area contributed by atoms with Gasteiger partial charge in [-0.15, -0.1) is 11.3 Å². The van der Waals surface area contributed by atoms with Gasteiger partial charge in [-0.05, 0) is 68.6 Å². The monoisotopic (exact) mass is 452 g/mol. The van der Waals surface area contributed by atoms with Crippen molar-refractivity contribution in [3.05, 3.63) is 46.5 Å². The molecule has 3 aliphatic carbocycles. The third-order valence-corrected chi connectivity index (χ3v) is 9.06. The summed E-state index contributed by atoms with van der Waals surface area (Å²) in [6.07, 6.45) is 16.4. The van der Waals surface area contributed by atoms with Gasteiger partial charge in [-0.25, -0.2) is 9.98 Å². The molecule has 0 saturated heterocycles. The summed E-state index contributed by atoms with van der Waals surface area (Å²) in [5.74, 6) is 0.842. The molecule has 170 valence electrons. The first-order chi connectivity index (χ1) is 15.4. The number of guanidine groups is 1. The van der Waals surface area contributed by atoms with Gasteiger partial charge in [0.15, 0.2) is 11.5 Å². The van der Waals surface area contributed by atoms with Gasteiger partial charge < -0.3 is 10.5 Å². The molecule has 0 bridgehead atoms. The number of methoxy groups -OCH3 is 1. The Morgan fingerprint density at radius 2 is 2.00 bits per heavy atom. The average Bonchev–Trinajstić information content (AvgIpc) is 3.47. The molecule has 1 atom stereocenters. The van der Waals surface area contributed by atoms with Crippen LogP contribution >= 0.6 is 11.3 Å². The molecule has 1 unspecified atom stereocenters. The number of carbonyl (C=O) groups is 1. The average molecular weight is 453 g/mol. The molecule has 2 saturated carbocycles. The van der Waals surface area contributed by atoms with Gasteiger partial charge in [0.05, 0.1) is 16.0 Å². The Bertz CT molecular complexity index is 1030. The quantitative estimate of drug-likeness (QED) is 0.737. The van der Waals surface area contributed by atoms with Crippen LogP contribution in [0.2, 0.25) is 0 Å². The number of hydrogen-bond donors (Lipinski definition) is 1. The number of nitrogens with two attached hydrogens (primary N) is 1. The summed E-state index contributed by atoms with van der Waals surface area (Å²) in [6, 6.07) is 0. The van der Waals surface area contributed by atoms with Crippen molar-refractivity contribution < 1.29 is 9.53 Å². The van der Waals surface area contributed by atoms with Gasteiger partial charge in [0.25, 0.3) is 5.91 Å². The fourth-order valence-corrected chi connectivity index (χ4v) is 6.80. The fraction of sp³-hybridized carbons (Fsp3) is 0.560. The number of allylic oxidation sites excluding steroid dienone is 3. The van der Waals surface area contributed by atoms with Crippen molar-refractivity contribution in [1.82, 2.24) is 9.88 Å². The Hall–Kier alpha value is -2.25. The molecule has 32 heavy (non-hydrogen) atoms. The summed E-state index contributed by atoms with van der Waals surface area (Å²) in [5.41, 5.74) is 6.64. The lowest BCUT2D eigenvalue weighted by Gasteiger charge is -2.49. The van der Waals surface area contributed by atoms with E-state index in [2.05, 4.69) is 29.8 Å². The van der Waals surface area contributed by atoms with Crippen LogP contribution in [0, 0.1) is 5.41 Å². The molecule has 2 heterocycles. The van der Waals surface area contributed by atoms with Crippen LogP contribution < -0.4 is 5.73 Å². The normalized spacial score (nSPS) is 35.9. The summed E-state index contributed by atoms with van der Waals surface area (Å²) >= 11 is 1.75. The van der Waals surface area contributed by atoms with Crippen molar-refractivity contribution in [2.45, 2.75) is 68.9 Å². The maximum atomic E-state index is 13.8. The minimum absolute atomic E-state index is 0.0589. The molecular formula is C25H32N4O2S. The molecule has 2 N–H and O–H groups in total. The zero-order chi connectivity index (χ0) is 22.5. The molecule has 2 fully saturated rings.